The SMILES string of the molecule is CC(C)(C)CCCCCCCCCOCC1CCCC(OCCCCCCCCCC(C)(C)C)O1. The molecule has 0 aromatic carbocycles. The third-order valence-corrected chi connectivity index (χ3v) is 7.20. The van der Waals surface area contributed by atoms with Gasteiger partial charge in [0.2, 0.25) is 0 Å². The first-order valence-corrected chi connectivity index (χ1v) is 15.5. The monoisotopic (exact) mass is 496 g/mol. The van der Waals surface area contributed by atoms with E-state index in [1.54, 1.807) is 0 Å². The molecule has 1 aliphatic rings. The van der Waals surface area contributed by atoms with E-state index in [1.165, 1.54) is 109 Å². The van der Waals surface area contributed by atoms with E-state index in [9.17, 15) is 0 Å². The van der Waals surface area contributed by atoms with Crippen molar-refractivity contribution in [3.05, 3.63) is 0 Å². The predicted molar refractivity (Wildman–Crippen MR) is 152 cm³/mol. The second-order valence-corrected chi connectivity index (χ2v) is 13.6. The average molecular weight is 497 g/mol. The minimum Gasteiger partial charge on any atom is -0.379 e. The highest BCUT2D eigenvalue weighted by Crippen LogP contribution is 2.24. The van der Waals surface area contributed by atoms with E-state index in [0.29, 0.717) is 10.8 Å². The Kier molecular flexibility index (Phi) is 18.7. The molecule has 2 unspecified atom stereocenters. The van der Waals surface area contributed by atoms with Crippen molar-refractivity contribution >= 4 is 0 Å². The Morgan fingerprint density at radius 3 is 1.54 bits per heavy atom. The highest BCUT2D eigenvalue weighted by Gasteiger charge is 2.22. The van der Waals surface area contributed by atoms with Crippen molar-refractivity contribution in [3.63, 3.8) is 0 Å². The summed E-state index contributed by atoms with van der Waals surface area (Å²) >= 11 is 0. The first-order chi connectivity index (χ1) is 16.7. The fourth-order valence-corrected chi connectivity index (χ4v) is 4.92. The molecule has 1 fully saturated rings. The van der Waals surface area contributed by atoms with E-state index in [1.807, 2.05) is 0 Å². The Hall–Kier alpha value is -0.120. The zero-order valence-corrected chi connectivity index (χ0v) is 24.9. The van der Waals surface area contributed by atoms with Crippen LogP contribution in [0, 0.1) is 10.8 Å². The van der Waals surface area contributed by atoms with Gasteiger partial charge in [-0.15, -0.1) is 0 Å². The van der Waals surface area contributed by atoms with Gasteiger partial charge < -0.3 is 14.2 Å². The van der Waals surface area contributed by atoms with Crippen LogP contribution in [0.25, 0.3) is 0 Å². The van der Waals surface area contributed by atoms with Crippen molar-refractivity contribution in [2.45, 2.75) is 176 Å². The maximum Gasteiger partial charge on any atom is 0.158 e. The second kappa shape index (κ2) is 19.9. The minimum absolute atomic E-state index is 0.00645. The van der Waals surface area contributed by atoms with Crippen LogP contribution in [0.2, 0.25) is 0 Å². The standard InChI is InChI=1S/C32H64O3/c1-31(2,3)24-17-13-9-7-11-15-19-26-33-28-29-22-21-23-30(35-29)34-27-20-16-12-8-10-14-18-25-32(4,5)6/h29-30H,7-28H2,1-6H3. The molecule has 0 radical (unpaired) electrons. The average Bonchev–Trinajstić information content (AvgIpc) is 2.77. The lowest BCUT2D eigenvalue weighted by atomic mass is 9.89. The van der Waals surface area contributed by atoms with Crippen LogP contribution in [0.3, 0.4) is 0 Å². The van der Waals surface area contributed by atoms with Crippen molar-refractivity contribution in [2.24, 2.45) is 10.8 Å². The van der Waals surface area contributed by atoms with E-state index < -0.39 is 0 Å². The molecule has 0 saturated carbocycles. The van der Waals surface area contributed by atoms with E-state index in [-0.39, 0.29) is 12.4 Å². The van der Waals surface area contributed by atoms with Crippen LogP contribution in [0.4, 0.5) is 0 Å². The molecule has 3 nitrogen and oxygen atoms in total. The number of hydrogen-bond acceptors (Lipinski definition) is 3. The van der Waals surface area contributed by atoms with Crippen molar-refractivity contribution in [2.75, 3.05) is 19.8 Å². The Bertz CT molecular complexity index is 462. The summed E-state index contributed by atoms with van der Waals surface area (Å²) in [5.41, 5.74) is 0.992. The molecule has 3 heteroatoms. The van der Waals surface area contributed by atoms with Crippen molar-refractivity contribution in [1.82, 2.24) is 0 Å². The van der Waals surface area contributed by atoms with Crippen LogP contribution in [-0.4, -0.2) is 32.2 Å². The predicted octanol–water partition coefficient (Wildman–Crippen LogP) is 10.2. The number of rotatable bonds is 21. The van der Waals surface area contributed by atoms with Crippen molar-refractivity contribution in [3.8, 4) is 0 Å². The Labute approximate surface area is 220 Å². The van der Waals surface area contributed by atoms with Gasteiger partial charge in [-0.25, -0.2) is 0 Å². The molecule has 0 aromatic rings. The molecule has 0 spiro atoms. The maximum absolute atomic E-state index is 6.15. The highest BCUT2D eigenvalue weighted by molar-refractivity contribution is 4.66. The summed E-state index contributed by atoms with van der Waals surface area (Å²) in [7, 11) is 0. The molecule has 1 saturated heterocycles. The minimum atomic E-state index is -0.00645. The summed E-state index contributed by atoms with van der Waals surface area (Å²) in [6.07, 6.45) is 25.0. The molecule has 210 valence electrons. The van der Waals surface area contributed by atoms with Gasteiger partial charge in [0.15, 0.2) is 6.29 Å². The van der Waals surface area contributed by atoms with Gasteiger partial charge in [0.1, 0.15) is 0 Å². The summed E-state index contributed by atoms with van der Waals surface area (Å²) in [4.78, 5) is 0. The van der Waals surface area contributed by atoms with Gasteiger partial charge >= 0.3 is 0 Å². The third-order valence-electron chi connectivity index (χ3n) is 7.20. The fourth-order valence-electron chi connectivity index (χ4n) is 4.92. The quantitative estimate of drug-likeness (QED) is 0.148. The maximum atomic E-state index is 6.15. The number of unbranched alkanes of at least 4 members (excludes halogenated alkanes) is 12. The van der Waals surface area contributed by atoms with Crippen molar-refractivity contribution in [1.29, 1.82) is 0 Å². The van der Waals surface area contributed by atoms with Gasteiger partial charge in [0, 0.05) is 13.2 Å². The number of hydrogen-bond donors (Lipinski definition) is 0. The molecule has 0 amide bonds. The van der Waals surface area contributed by atoms with Crippen LogP contribution in [-0.2, 0) is 14.2 Å². The van der Waals surface area contributed by atoms with Crippen LogP contribution in [0.1, 0.15) is 164 Å². The Balaban J connectivity index is 1.87. The van der Waals surface area contributed by atoms with E-state index in [2.05, 4.69) is 41.5 Å². The normalized spacial score (nSPS) is 19.4. The molecular formula is C32H64O3. The second-order valence-electron chi connectivity index (χ2n) is 13.6. The molecule has 0 bridgehead atoms. The molecule has 2 atom stereocenters. The lowest BCUT2D eigenvalue weighted by Crippen LogP contribution is -2.33. The Morgan fingerprint density at radius 1 is 0.571 bits per heavy atom. The lowest BCUT2D eigenvalue weighted by molar-refractivity contribution is -0.204. The van der Waals surface area contributed by atoms with Gasteiger partial charge in [-0.3, -0.25) is 0 Å². The summed E-state index contributed by atoms with van der Waals surface area (Å²) in [5.74, 6) is 0. The summed E-state index contributed by atoms with van der Waals surface area (Å²) in [6.45, 7) is 16.5. The largest absolute Gasteiger partial charge is 0.379 e. The molecule has 1 aliphatic heterocycles. The van der Waals surface area contributed by atoms with Crippen LogP contribution < -0.4 is 0 Å². The topological polar surface area (TPSA) is 27.7 Å². The molecular weight excluding hydrogens is 432 g/mol. The lowest BCUT2D eigenvalue weighted by Gasteiger charge is -2.29. The van der Waals surface area contributed by atoms with Gasteiger partial charge in [-0.05, 0) is 55.8 Å². The Morgan fingerprint density at radius 2 is 1.03 bits per heavy atom. The zero-order valence-electron chi connectivity index (χ0n) is 24.9. The molecule has 1 rings (SSSR count). The van der Waals surface area contributed by atoms with Crippen LogP contribution in [0.15, 0.2) is 0 Å². The van der Waals surface area contributed by atoms with Gasteiger partial charge in [0.05, 0.1) is 12.7 Å². The molecule has 1 heterocycles. The van der Waals surface area contributed by atoms with Gasteiger partial charge in [-0.2, -0.15) is 0 Å². The first kappa shape index (κ1) is 32.9. The fraction of sp³-hybridized carbons (Fsp3) is 1.00. The smallest absolute Gasteiger partial charge is 0.158 e. The van der Waals surface area contributed by atoms with E-state index >= 15 is 0 Å². The van der Waals surface area contributed by atoms with Gasteiger partial charge in [-0.1, -0.05) is 119 Å². The first-order valence-electron chi connectivity index (χ1n) is 15.5. The molecule has 0 N–H and O–H groups in total. The van der Waals surface area contributed by atoms with E-state index in [4.69, 9.17) is 14.2 Å². The summed E-state index contributed by atoms with van der Waals surface area (Å²) < 4.78 is 18.1. The molecule has 0 aromatic heterocycles. The number of ether oxygens (including phenoxy) is 3. The summed E-state index contributed by atoms with van der Waals surface area (Å²) in [5, 5.41) is 0. The van der Waals surface area contributed by atoms with Crippen molar-refractivity contribution < 1.29 is 14.2 Å². The van der Waals surface area contributed by atoms with Crippen LogP contribution >= 0.6 is 0 Å². The van der Waals surface area contributed by atoms with Crippen LogP contribution in [0.5, 0.6) is 0 Å². The van der Waals surface area contributed by atoms with E-state index in [0.717, 1.165) is 32.7 Å². The molecule has 0 aliphatic carbocycles. The summed E-state index contributed by atoms with van der Waals surface area (Å²) in [6, 6.07) is 0. The third kappa shape index (κ3) is 22.8. The molecule has 35 heavy (non-hydrogen) atoms. The zero-order chi connectivity index (χ0) is 25.8. The van der Waals surface area contributed by atoms with Gasteiger partial charge in [0.25, 0.3) is 0 Å². The highest BCUT2D eigenvalue weighted by atomic mass is 16.7.